The number of allylic oxidation sites excluding steroid dienone is 2. The van der Waals surface area contributed by atoms with E-state index >= 15 is 0 Å². The Balaban J connectivity index is 0.000000204. The zero-order chi connectivity index (χ0) is 31.3. The van der Waals surface area contributed by atoms with E-state index < -0.39 is 0 Å². The number of ether oxygens (including phenoxy) is 2. The van der Waals surface area contributed by atoms with E-state index in [4.69, 9.17) is 20.9 Å². The van der Waals surface area contributed by atoms with Crippen molar-refractivity contribution in [1.82, 2.24) is 4.98 Å². The Morgan fingerprint density at radius 3 is 2.32 bits per heavy atom. The van der Waals surface area contributed by atoms with E-state index in [0.29, 0.717) is 37.0 Å². The number of para-hydroxylation sites is 1. The molecule has 0 radical (unpaired) electrons. The molecule has 2 aromatic carbocycles. The molecule has 2 heterocycles. The first-order valence-electron chi connectivity index (χ1n) is 15.7. The van der Waals surface area contributed by atoms with Gasteiger partial charge in [-0.3, -0.25) is 4.79 Å². The van der Waals surface area contributed by atoms with Crippen molar-refractivity contribution < 1.29 is 14.3 Å². The number of pyridine rings is 1. The molecule has 2 atom stereocenters. The highest BCUT2D eigenvalue weighted by Gasteiger charge is 2.31. The molecule has 3 aromatic rings. The monoisotopic (exact) mass is 597 g/mol. The normalized spacial score (nSPS) is 17.8. The van der Waals surface area contributed by atoms with Gasteiger partial charge in [-0.25, -0.2) is 4.98 Å². The lowest BCUT2D eigenvalue weighted by Crippen LogP contribution is -2.35. The van der Waals surface area contributed by atoms with Crippen molar-refractivity contribution >= 4 is 23.9 Å². The molecule has 1 aromatic heterocycles. The summed E-state index contributed by atoms with van der Waals surface area (Å²) in [6.45, 7) is 6.87. The number of anilines is 2. The van der Waals surface area contributed by atoms with Crippen LogP contribution >= 0.6 is 0 Å². The fraction of sp³-hybridized carbons (Fsp3) is 0.389. The maximum atomic E-state index is 10.4. The van der Waals surface area contributed by atoms with Gasteiger partial charge in [0.05, 0.1) is 5.82 Å². The number of aromatic nitrogens is 1. The molecule has 0 spiro atoms. The molecule has 0 bridgehead atoms. The van der Waals surface area contributed by atoms with Gasteiger partial charge in [-0.1, -0.05) is 56.3 Å². The predicted octanol–water partition coefficient (Wildman–Crippen LogP) is 7.17. The number of rotatable bonds is 12. The molecule has 44 heavy (non-hydrogen) atoms. The first-order valence-corrected chi connectivity index (χ1v) is 15.7. The number of hydrogen-bond acceptors (Lipinski definition) is 7. The van der Waals surface area contributed by atoms with Crippen LogP contribution in [0.3, 0.4) is 0 Å². The van der Waals surface area contributed by atoms with Gasteiger partial charge in [0.1, 0.15) is 18.5 Å². The van der Waals surface area contributed by atoms with Gasteiger partial charge < -0.3 is 31.2 Å². The quantitative estimate of drug-likeness (QED) is 0.150. The Morgan fingerprint density at radius 2 is 1.70 bits per heavy atom. The fourth-order valence-electron chi connectivity index (χ4n) is 5.45. The minimum atomic E-state index is 0.300. The molecule has 1 aliphatic heterocycles. The van der Waals surface area contributed by atoms with Crippen LogP contribution in [0.4, 0.5) is 11.4 Å². The van der Waals surface area contributed by atoms with Crippen molar-refractivity contribution in [2.45, 2.75) is 90.5 Å². The zero-order valence-corrected chi connectivity index (χ0v) is 26.2. The van der Waals surface area contributed by atoms with Gasteiger partial charge in [0.25, 0.3) is 0 Å². The topological polar surface area (TPSA) is 116 Å². The first-order chi connectivity index (χ1) is 21.4. The number of amides is 1. The second kappa shape index (κ2) is 16.4. The molecule has 2 unspecified atom stereocenters. The van der Waals surface area contributed by atoms with E-state index in [9.17, 15) is 4.79 Å². The smallest absolute Gasteiger partial charge is 0.215 e. The number of nitrogens with one attached hydrogen (secondary N) is 1. The highest BCUT2D eigenvalue weighted by atomic mass is 16.5. The van der Waals surface area contributed by atoms with Crippen LogP contribution in [0.2, 0.25) is 0 Å². The lowest BCUT2D eigenvalue weighted by Gasteiger charge is -2.32. The van der Waals surface area contributed by atoms with Gasteiger partial charge in [-0.05, 0) is 87.3 Å². The van der Waals surface area contributed by atoms with Crippen molar-refractivity contribution in [2.75, 3.05) is 10.2 Å². The van der Waals surface area contributed by atoms with Crippen LogP contribution in [0.5, 0.6) is 11.6 Å². The Labute approximate surface area is 262 Å². The van der Waals surface area contributed by atoms with Gasteiger partial charge in [0.15, 0.2) is 0 Å². The largest absolute Gasteiger partial charge is 0.488 e. The van der Waals surface area contributed by atoms with Gasteiger partial charge in [0.2, 0.25) is 12.3 Å². The lowest BCUT2D eigenvalue weighted by atomic mass is 9.96. The fourth-order valence-corrected chi connectivity index (χ4v) is 5.45. The molecule has 2 aliphatic rings. The van der Waals surface area contributed by atoms with Crippen LogP contribution in [0.15, 0.2) is 84.3 Å². The molecule has 1 aliphatic carbocycles. The molecular formula is C36H47N5O3. The van der Waals surface area contributed by atoms with Crippen molar-refractivity contribution in [2.24, 2.45) is 11.5 Å². The zero-order valence-electron chi connectivity index (χ0n) is 26.2. The maximum absolute atomic E-state index is 10.4. The molecule has 1 saturated carbocycles. The van der Waals surface area contributed by atoms with Crippen molar-refractivity contribution in [3.8, 4) is 11.6 Å². The van der Waals surface area contributed by atoms with Crippen LogP contribution in [0.1, 0.15) is 76.8 Å². The molecule has 1 saturated heterocycles. The summed E-state index contributed by atoms with van der Waals surface area (Å²) in [5.74, 6) is 1.88. The van der Waals surface area contributed by atoms with Gasteiger partial charge in [-0.2, -0.15) is 0 Å². The summed E-state index contributed by atoms with van der Waals surface area (Å²) >= 11 is 0. The summed E-state index contributed by atoms with van der Waals surface area (Å²) in [6.07, 6.45) is 15.5. The minimum Gasteiger partial charge on any atom is -0.488 e. The molecular weight excluding hydrogens is 550 g/mol. The molecule has 1 amide bonds. The minimum absolute atomic E-state index is 0.300. The maximum Gasteiger partial charge on any atom is 0.215 e. The summed E-state index contributed by atoms with van der Waals surface area (Å²) in [7, 11) is 0. The summed E-state index contributed by atoms with van der Waals surface area (Å²) in [4.78, 5) is 17.4. The lowest BCUT2D eigenvalue weighted by molar-refractivity contribution is -0.105. The number of hydrogen-bond donors (Lipinski definition) is 3. The van der Waals surface area contributed by atoms with Crippen LogP contribution in [0.25, 0.3) is 6.08 Å². The van der Waals surface area contributed by atoms with Gasteiger partial charge in [0, 0.05) is 41.3 Å². The van der Waals surface area contributed by atoms with Crippen LogP contribution < -0.4 is 31.2 Å². The van der Waals surface area contributed by atoms with Crippen LogP contribution in [-0.4, -0.2) is 29.6 Å². The second-order valence-corrected chi connectivity index (χ2v) is 11.4. The summed E-state index contributed by atoms with van der Waals surface area (Å²) < 4.78 is 11.8. The number of carbonyl (C=O) groups excluding carboxylic acids is 1. The number of benzene rings is 2. The molecule has 5 N–H and O–H groups in total. The predicted molar refractivity (Wildman–Crippen MR) is 179 cm³/mol. The molecule has 8 nitrogen and oxygen atoms in total. The Bertz CT molecular complexity index is 1380. The summed E-state index contributed by atoms with van der Waals surface area (Å²) in [5, 5.41) is 2.60. The van der Waals surface area contributed by atoms with E-state index in [-0.39, 0.29) is 0 Å². The van der Waals surface area contributed by atoms with E-state index in [0.717, 1.165) is 34.0 Å². The van der Waals surface area contributed by atoms with E-state index in [1.54, 1.807) is 0 Å². The van der Waals surface area contributed by atoms with Crippen LogP contribution in [-0.2, 0) is 11.4 Å². The Morgan fingerprint density at radius 1 is 1.00 bits per heavy atom. The van der Waals surface area contributed by atoms with Gasteiger partial charge in [-0.15, -0.1) is 0 Å². The Kier molecular flexibility index (Phi) is 12.1. The average molecular weight is 598 g/mol. The molecule has 8 heteroatoms. The standard InChI is InChI=1S/C19H21N3O2.C17H26N2O/c1-14(19(20)21)6-9-16-4-2-3-5-18(16)24-12-15-7-10-17(11-8-15)22-13-23;1-3-13-8-9-14(4-2)19(13)15-10-11-18-17(12-15)20-16-6-5-7-16/h2-11,13H,12,20-21H2,1H3,(H,22,23);10-14,16H,3-9H2,1-2H3/b9-6+;. The molecule has 2 fully saturated rings. The summed E-state index contributed by atoms with van der Waals surface area (Å²) in [5.41, 5.74) is 15.9. The van der Waals surface area contributed by atoms with Gasteiger partial charge >= 0.3 is 0 Å². The average Bonchev–Trinajstić information content (AvgIpc) is 3.46. The van der Waals surface area contributed by atoms with Crippen LogP contribution in [0, 0.1) is 0 Å². The van der Waals surface area contributed by atoms with E-state index in [1.807, 2.05) is 73.8 Å². The third-order valence-corrected chi connectivity index (χ3v) is 8.38. The van der Waals surface area contributed by atoms with E-state index in [2.05, 4.69) is 41.2 Å². The number of nitrogens with two attached hydrogens (primary N) is 2. The first kappa shape index (κ1) is 32.5. The third kappa shape index (κ3) is 9.02. The molecule has 5 rings (SSSR count). The SMILES string of the molecule is CC(/C=C/c1ccccc1OCc1ccc(NC=O)cc1)=C(N)N.CCC1CCC(CC)N1c1ccnc(OC2CCC2)c1. The van der Waals surface area contributed by atoms with E-state index in [1.165, 1.54) is 50.6 Å². The molecule has 234 valence electrons. The van der Waals surface area contributed by atoms with Crippen molar-refractivity contribution in [1.29, 1.82) is 0 Å². The highest BCUT2D eigenvalue weighted by molar-refractivity contribution is 5.71. The second-order valence-electron chi connectivity index (χ2n) is 11.4. The third-order valence-electron chi connectivity index (χ3n) is 8.38. The number of nitrogens with zero attached hydrogens (tertiary/aromatic N) is 2. The van der Waals surface area contributed by atoms with Crippen molar-refractivity contribution in [3.63, 3.8) is 0 Å². The van der Waals surface area contributed by atoms with Crippen molar-refractivity contribution in [3.05, 3.63) is 95.5 Å². The number of carbonyl (C=O) groups is 1. The summed E-state index contributed by atoms with van der Waals surface area (Å²) in [6, 6.07) is 20.9. The Hall–Kier alpha value is -4.46. The highest BCUT2D eigenvalue weighted by Crippen LogP contribution is 2.35.